The molecule has 1 unspecified atom stereocenters. The number of rotatable bonds is 8. The van der Waals surface area contributed by atoms with Crippen LogP contribution < -0.4 is 4.74 Å². The molecule has 26 heavy (non-hydrogen) atoms. The standard InChI is InChI=1S/C19H30N4O3/c1-3-23(19(25)16-12-17(21-20-16)26-4-2)15-10-11-22(13-15)18(24)9-8-14-6-5-7-14/h12,14-15H,3-11,13H2,1-2H3,(H,20,21). The number of hydrogen-bond donors (Lipinski definition) is 1. The van der Waals surface area contributed by atoms with Crippen LogP contribution in [0.15, 0.2) is 6.07 Å². The Kier molecular flexibility index (Phi) is 6.16. The molecule has 1 aromatic rings. The largest absolute Gasteiger partial charge is 0.477 e. The van der Waals surface area contributed by atoms with Crippen LogP contribution in [0.4, 0.5) is 0 Å². The van der Waals surface area contributed by atoms with Gasteiger partial charge in [0.1, 0.15) is 5.69 Å². The molecular formula is C19H30N4O3. The lowest BCUT2D eigenvalue weighted by molar-refractivity contribution is -0.130. The minimum Gasteiger partial charge on any atom is -0.477 e. The lowest BCUT2D eigenvalue weighted by atomic mass is 9.82. The molecule has 1 aliphatic heterocycles. The first kappa shape index (κ1) is 18.7. The first-order chi connectivity index (χ1) is 12.6. The van der Waals surface area contributed by atoms with E-state index in [0.29, 0.717) is 37.7 Å². The van der Waals surface area contributed by atoms with Gasteiger partial charge in [-0.05, 0) is 32.6 Å². The van der Waals surface area contributed by atoms with Crippen LogP contribution in [0.2, 0.25) is 0 Å². The van der Waals surface area contributed by atoms with Crippen LogP contribution >= 0.6 is 0 Å². The Hall–Kier alpha value is -2.05. The highest BCUT2D eigenvalue weighted by Crippen LogP contribution is 2.31. The third kappa shape index (κ3) is 4.19. The molecule has 2 amide bonds. The number of likely N-dealkylation sites (N-methyl/N-ethyl adjacent to an activating group) is 1. The van der Waals surface area contributed by atoms with E-state index in [2.05, 4.69) is 10.2 Å². The average molecular weight is 362 g/mol. The zero-order valence-electron chi connectivity index (χ0n) is 15.9. The number of nitrogens with zero attached hydrogens (tertiary/aromatic N) is 3. The smallest absolute Gasteiger partial charge is 0.272 e. The molecule has 7 nitrogen and oxygen atoms in total. The van der Waals surface area contributed by atoms with Crippen molar-refractivity contribution in [3.05, 3.63) is 11.8 Å². The van der Waals surface area contributed by atoms with Crippen molar-refractivity contribution in [3.8, 4) is 5.88 Å². The maximum atomic E-state index is 12.8. The van der Waals surface area contributed by atoms with Crippen LogP contribution in [-0.4, -0.2) is 64.1 Å². The van der Waals surface area contributed by atoms with Gasteiger partial charge < -0.3 is 14.5 Å². The maximum Gasteiger partial charge on any atom is 0.272 e. The lowest BCUT2D eigenvalue weighted by Gasteiger charge is -2.28. The number of hydrogen-bond acceptors (Lipinski definition) is 4. The second kappa shape index (κ2) is 8.56. The monoisotopic (exact) mass is 362 g/mol. The van der Waals surface area contributed by atoms with Gasteiger partial charge in [-0.15, -0.1) is 5.10 Å². The molecule has 1 atom stereocenters. The fourth-order valence-electron chi connectivity index (χ4n) is 3.85. The van der Waals surface area contributed by atoms with Gasteiger partial charge >= 0.3 is 0 Å². The fraction of sp³-hybridized carbons (Fsp3) is 0.737. The highest BCUT2D eigenvalue weighted by Gasteiger charge is 2.33. The van der Waals surface area contributed by atoms with Crippen molar-refractivity contribution in [3.63, 3.8) is 0 Å². The Morgan fingerprint density at radius 3 is 2.81 bits per heavy atom. The zero-order valence-corrected chi connectivity index (χ0v) is 15.9. The highest BCUT2D eigenvalue weighted by atomic mass is 16.5. The quantitative estimate of drug-likeness (QED) is 0.770. The Morgan fingerprint density at radius 1 is 1.35 bits per heavy atom. The summed E-state index contributed by atoms with van der Waals surface area (Å²) in [7, 11) is 0. The molecule has 0 bridgehead atoms. The van der Waals surface area contributed by atoms with Crippen LogP contribution in [-0.2, 0) is 4.79 Å². The van der Waals surface area contributed by atoms with Crippen LogP contribution in [0.1, 0.15) is 62.9 Å². The van der Waals surface area contributed by atoms with E-state index >= 15 is 0 Å². The number of likely N-dealkylation sites (tertiary alicyclic amines) is 1. The Labute approximate surface area is 155 Å². The average Bonchev–Trinajstić information content (AvgIpc) is 3.24. The number of aromatic nitrogens is 2. The summed E-state index contributed by atoms with van der Waals surface area (Å²) in [5.74, 6) is 1.35. The second-order valence-corrected chi connectivity index (χ2v) is 7.26. The first-order valence-electron chi connectivity index (χ1n) is 9.89. The maximum absolute atomic E-state index is 12.8. The van der Waals surface area contributed by atoms with E-state index in [-0.39, 0.29) is 17.9 Å². The summed E-state index contributed by atoms with van der Waals surface area (Å²) < 4.78 is 5.32. The molecule has 2 fully saturated rings. The lowest BCUT2D eigenvalue weighted by Crippen LogP contribution is -2.42. The molecule has 2 aliphatic rings. The Morgan fingerprint density at radius 2 is 2.15 bits per heavy atom. The number of nitrogens with one attached hydrogen (secondary N) is 1. The van der Waals surface area contributed by atoms with Crippen molar-refractivity contribution in [2.75, 3.05) is 26.2 Å². The molecule has 144 valence electrons. The van der Waals surface area contributed by atoms with Crippen molar-refractivity contribution < 1.29 is 14.3 Å². The van der Waals surface area contributed by atoms with Gasteiger partial charge in [0, 0.05) is 32.1 Å². The summed E-state index contributed by atoms with van der Waals surface area (Å²) in [6.07, 6.45) is 6.38. The topological polar surface area (TPSA) is 78.5 Å². The van der Waals surface area contributed by atoms with Crippen molar-refractivity contribution >= 4 is 11.8 Å². The molecule has 0 spiro atoms. The highest BCUT2D eigenvalue weighted by molar-refractivity contribution is 5.93. The number of carbonyl (C=O) groups excluding carboxylic acids is 2. The third-order valence-corrected chi connectivity index (χ3v) is 5.63. The number of aromatic amines is 1. The predicted octanol–water partition coefficient (Wildman–Crippen LogP) is 2.45. The van der Waals surface area contributed by atoms with E-state index in [1.54, 1.807) is 6.07 Å². The van der Waals surface area contributed by atoms with Crippen LogP contribution in [0.3, 0.4) is 0 Å². The van der Waals surface area contributed by atoms with Crippen molar-refractivity contribution in [1.29, 1.82) is 0 Å². The second-order valence-electron chi connectivity index (χ2n) is 7.26. The molecule has 2 heterocycles. The van der Waals surface area contributed by atoms with Gasteiger partial charge in [0.15, 0.2) is 0 Å². The molecule has 1 aromatic heterocycles. The van der Waals surface area contributed by atoms with Gasteiger partial charge in [0.2, 0.25) is 11.8 Å². The molecule has 0 radical (unpaired) electrons. The molecule has 1 saturated heterocycles. The van der Waals surface area contributed by atoms with E-state index in [1.165, 1.54) is 19.3 Å². The van der Waals surface area contributed by atoms with Crippen LogP contribution in [0, 0.1) is 5.92 Å². The summed E-state index contributed by atoms with van der Waals surface area (Å²) in [6, 6.07) is 1.71. The molecule has 1 saturated carbocycles. The molecule has 3 rings (SSSR count). The van der Waals surface area contributed by atoms with E-state index < -0.39 is 0 Å². The van der Waals surface area contributed by atoms with Crippen molar-refractivity contribution in [2.24, 2.45) is 5.92 Å². The molecule has 1 aliphatic carbocycles. The minimum absolute atomic E-state index is 0.0685. The summed E-state index contributed by atoms with van der Waals surface area (Å²) in [6.45, 7) is 6.34. The van der Waals surface area contributed by atoms with Gasteiger partial charge in [0.25, 0.3) is 5.91 Å². The number of H-pyrrole nitrogens is 1. The summed E-state index contributed by atoms with van der Waals surface area (Å²) in [5.41, 5.74) is 0.435. The summed E-state index contributed by atoms with van der Waals surface area (Å²) in [5, 5.41) is 6.77. The predicted molar refractivity (Wildman–Crippen MR) is 98.0 cm³/mol. The van der Waals surface area contributed by atoms with Crippen molar-refractivity contribution in [1.82, 2.24) is 20.0 Å². The molecule has 0 aromatic carbocycles. The van der Waals surface area contributed by atoms with Gasteiger partial charge in [-0.1, -0.05) is 19.3 Å². The van der Waals surface area contributed by atoms with Gasteiger partial charge in [-0.3, -0.25) is 14.7 Å². The van der Waals surface area contributed by atoms with Gasteiger partial charge in [0.05, 0.1) is 12.6 Å². The van der Waals surface area contributed by atoms with E-state index in [4.69, 9.17) is 4.74 Å². The Balaban J connectivity index is 1.54. The number of carbonyl (C=O) groups is 2. The Bertz CT molecular complexity index is 626. The van der Waals surface area contributed by atoms with Gasteiger partial charge in [-0.2, -0.15) is 0 Å². The fourth-order valence-corrected chi connectivity index (χ4v) is 3.85. The van der Waals surface area contributed by atoms with Crippen molar-refractivity contribution in [2.45, 2.75) is 58.4 Å². The zero-order chi connectivity index (χ0) is 18.5. The first-order valence-corrected chi connectivity index (χ1v) is 9.89. The molecule has 7 heteroatoms. The normalized spacial score (nSPS) is 20.1. The molecular weight excluding hydrogens is 332 g/mol. The summed E-state index contributed by atoms with van der Waals surface area (Å²) >= 11 is 0. The minimum atomic E-state index is -0.0836. The summed E-state index contributed by atoms with van der Waals surface area (Å²) in [4.78, 5) is 29.0. The SMILES string of the molecule is CCOc1cc(C(=O)N(CC)C2CCN(C(=O)CCC3CCC3)C2)[nH]n1. The van der Waals surface area contributed by atoms with Gasteiger partial charge in [-0.25, -0.2) is 0 Å². The number of ether oxygens (including phenoxy) is 1. The number of amides is 2. The van der Waals surface area contributed by atoms with E-state index in [1.807, 2.05) is 23.6 Å². The molecule has 1 N–H and O–H groups in total. The van der Waals surface area contributed by atoms with E-state index in [0.717, 1.165) is 25.3 Å². The van der Waals surface area contributed by atoms with Crippen LogP contribution in [0.5, 0.6) is 5.88 Å². The van der Waals surface area contributed by atoms with E-state index in [9.17, 15) is 9.59 Å². The third-order valence-electron chi connectivity index (χ3n) is 5.63. The van der Waals surface area contributed by atoms with Crippen LogP contribution in [0.25, 0.3) is 0 Å².